The molecule has 146 valence electrons. The van der Waals surface area contributed by atoms with E-state index >= 15 is 0 Å². The molecule has 2 saturated carbocycles. The third-order valence-electron chi connectivity index (χ3n) is 7.65. The molecule has 3 aliphatic carbocycles. The molecule has 0 saturated heterocycles. The standard InChI is InChI=1S/C23H30O4/c1-13(24)18-12-19-15(11-21(18)26-4)5-6-17-16(19)9-10-23(3)20(17)7-8-22(23)27-14(2)25/h11-12,16-17,20,22H,5-10H2,1-4H3/t16-,17+,20+,22+,23-/m0/s1. The number of fused-ring (bicyclic) bond motifs is 5. The average Bonchev–Trinajstić information content (AvgIpc) is 2.96. The molecule has 0 heterocycles. The van der Waals surface area contributed by atoms with Crippen LogP contribution in [0.1, 0.15) is 80.3 Å². The molecule has 0 aliphatic heterocycles. The van der Waals surface area contributed by atoms with Crippen LogP contribution in [-0.2, 0) is 16.0 Å². The molecule has 0 N–H and O–H groups in total. The van der Waals surface area contributed by atoms with Crippen LogP contribution in [0.25, 0.3) is 0 Å². The summed E-state index contributed by atoms with van der Waals surface area (Å²) in [5.41, 5.74) is 3.50. The lowest BCUT2D eigenvalue weighted by Gasteiger charge is -2.50. The van der Waals surface area contributed by atoms with Crippen LogP contribution in [0, 0.1) is 17.3 Å². The molecule has 0 unspecified atom stereocenters. The van der Waals surface area contributed by atoms with Crippen molar-refractivity contribution in [2.24, 2.45) is 17.3 Å². The highest BCUT2D eigenvalue weighted by Gasteiger charge is 2.56. The smallest absolute Gasteiger partial charge is 0.302 e. The van der Waals surface area contributed by atoms with Crippen molar-refractivity contribution in [3.8, 4) is 5.75 Å². The van der Waals surface area contributed by atoms with Gasteiger partial charge in [-0.1, -0.05) is 6.92 Å². The first-order valence-electron chi connectivity index (χ1n) is 10.2. The third-order valence-corrected chi connectivity index (χ3v) is 7.65. The van der Waals surface area contributed by atoms with E-state index in [1.807, 2.05) is 0 Å². The SMILES string of the molecule is COc1cc2c(cc1C(C)=O)[C@H]1CC[C@@]3(C)[C@H](CC[C@H]3OC(C)=O)[C@@H]1CC2. The predicted molar refractivity (Wildman–Crippen MR) is 103 cm³/mol. The van der Waals surface area contributed by atoms with Crippen molar-refractivity contribution in [1.82, 2.24) is 0 Å². The molecule has 4 rings (SSSR count). The maximum atomic E-state index is 12.1. The Kier molecular flexibility index (Phi) is 4.56. The number of carbonyl (C=O) groups is 2. The zero-order valence-corrected chi connectivity index (χ0v) is 16.8. The quantitative estimate of drug-likeness (QED) is 0.572. The number of aryl methyl sites for hydroxylation is 1. The number of ether oxygens (including phenoxy) is 2. The molecule has 0 radical (unpaired) electrons. The number of methoxy groups -OCH3 is 1. The second-order valence-corrected chi connectivity index (χ2v) is 8.94. The third kappa shape index (κ3) is 2.88. The summed E-state index contributed by atoms with van der Waals surface area (Å²) in [5.74, 6) is 2.33. The van der Waals surface area contributed by atoms with Gasteiger partial charge < -0.3 is 9.47 Å². The summed E-state index contributed by atoms with van der Waals surface area (Å²) in [6.07, 6.45) is 6.58. The van der Waals surface area contributed by atoms with E-state index in [1.165, 1.54) is 24.5 Å². The Morgan fingerprint density at radius 2 is 1.89 bits per heavy atom. The van der Waals surface area contributed by atoms with Gasteiger partial charge in [0, 0.05) is 12.3 Å². The van der Waals surface area contributed by atoms with E-state index in [2.05, 4.69) is 19.1 Å². The van der Waals surface area contributed by atoms with E-state index in [9.17, 15) is 9.59 Å². The molecule has 0 bridgehead atoms. The Hall–Kier alpha value is -1.84. The molecule has 0 spiro atoms. The Labute approximate surface area is 161 Å². The highest BCUT2D eigenvalue weighted by Crippen LogP contribution is 2.61. The Morgan fingerprint density at radius 3 is 2.56 bits per heavy atom. The second-order valence-electron chi connectivity index (χ2n) is 8.94. The highest BCUT2D eigenvalue weighted by atomic mass is 16.5. The van der Waals surface area contributed by atoms with E-state index in [-0.39, 0.29) is 23.3 Å². The van der Waals surface area contributed by atoms with Crippen LogP contribution in [-0.4, -0.2) is 25.0 Å². The fraction of sp³-hybridized carbons (Fsp3) is 0.652. The summed E-state index contributed by atoms with van der Waals surface area (Å²) in [4.78, 5) is 23.7. The van der Waals surface area contributed by atoms with Gasteiger partial charge in [-0.15, -0.1) is 0 Å². The molecule has 27 heavy (non-hydrogen) atoms. The van der Waals surface area contributed by atoms with Gasteiger partial charge >= 0.3 is 5.97 Å². The van der Waals surface area contributed by atoms with Gasteiger partial charge in [0.2, 0.25) is 0 Å². The summed E-state index contributed by atoms with van der Waals surface area (Å²) < 4.78 is 11.2. The number of esters is 1. The van der Waals surface area contributed by atoms with Gasteiger partial charge in [0.05, 0.1) is 12.7 Å². The van der Waals surface area contributed by atoms with Crippen molar-refractivity contribution < 1.29 is 19.1 Å². The Bertz CT molecular complexity index is 783. The Morgan fingerprint density at radius 1 is 1.11 bits per heavy atom. The maximum absolute atomic E-state index is 12.1. The second kappa shape index (κ2) is 6.65. The van der Waals surface area contributed by atoms with Gasteiger partial charge in [-0.25, -0.2) is 0 Å². The molecule has 0 aromatic heterocycles. The zero-order chi connectivity index (χ0) is 19.3. The fourth-order valence-electron chi connectivity index (χ4n) is 6.39. The minimum atomic E-state index is -0.156. The summed E-state index contributed by atoms with van der Waals surface area (Å²) in [5, 5.41) is 0. The molecule has 4 nitrogen and oxygen atoms in total. The molecule has 4 heteroatoms. The minimum absolute atomic E-state index is 0.0611. The molecular formula is C23H30O4. The van der Waals surface area contributed by atoms with Gasteiger partial charge in [0.25, 0.3) is 0 Å². The first-order chi connectivity index (χ1) is 12.8. The van der Waals surface area contributed by atoms with Gasteiger partial charge in [0.15, 0.2) is 5.78 Å². The first kappa shape index (κ1) is 18.5. The van der Waals surface area contributed by atoms with Crippen LogP contribution in [0.2, 0.25) is 0 Å². The fourth-order valence-corrected chi connectivity index (χ4v) is 6.39. The van der Waals surface area contributed by atoms with Crippen molar-refractivity contribution in [3.63, 3.8) is 0 Å². The van der Waals surface area contributed by atoms with Crippen LogP contribution in [0.5, 0.6) is 5.75 Å². The minimum Gasteiger partial charge on any atom is -0.496 e. The Balaban J connectivity index is 1.67. The lowest BCUT2D eigenvalue weighted by atomic mass is 9.55. The number of ketones is 1. The zero-order valence-electron chi connectivity index (χ0n) is 16.8. The molecule has 1 aromatic carbocycles. The molecule has 1 aromatic rings. The van der Waals surface area contributed by atoms with Crippen LogP contribution in [0.4, 0.5) is 0 Å². The summed E-state index contributed by atoms with van der Waals surface area (Å²) in [7, 11) is 1.64. The lowest BCUT2D eigenvalue weighted by Crippen LogP contribution is -2.45. The summed E-state index contributed by atoms with van der Waals surface area (Å²) >= 11 is 0. The maximum Gasteiger partial charge on any atom is 0.302 e. The number of carbonyl (C=O) groups excluding carboxylic acids is 2. The number of benzene rings is 1. The number of hydrogen-bond donors (Lipinski definition) is 0. The van der Waals surface area contributed by atoms with E-state index in [1.54, 1.807) is 14.0 Å². The normalized spacial score (nSPS) is 34.2. The molecule has 3 aliphatic rings. The largest absolute Gasteiger partial charge is 0.496 e. The first-order valence-corrected chi connectivity index (χ1v) is 10.2. The highest BCUT2D eigenvalue weighted by molar-refractivity contribution is 5.97. The van der Waals surface area contributed by atoms with E-state index < -0.39 is 0 Å². The summed E-state index contributed by atoms with van der Waals surface area (Å²) in [6.45, 7) is 5.47. The van der Waals surface area contributed by atoms with Crippen molar-refractivity contribution in [2.45, 2.75) is 71.3 Å². The molecule has 5 atom stereocenters. The van der Waals surface area contributed by atoms with E-state index in [4.69, 9.17) is 9.47 Å². The van der Waals surface area contributed by atoms with E-state index in [0.29, 0.717) is 29.1 Å². The van der Waals surface area contributed by atoms with Crippen LogP contribution in [0.3, 0.4) is 0 Å². The molecular weight excluding hydrogens is 340 g/mol. The van der Waals surface area contributed by atoms with Crippen LogP contribution in [0.15, 0.2) is 12.1 Å². The monoisotopic (exact) mass is 370 g/mol. The van der Waals surface area contributed by atoms with Crippen molar-refractivity contribution in [3.05, 3.63) is 28.8 Å². The number of hydrogen-bond acceptors (Lipinski definition) is 4. The van der Waals surface area contributed by atoms with Crippen molar-refractivity contribution in [1.29, 1.82) is 0 Å². The van der Waals surface area contributed by atoms with Crippen LogP contribution >= 0.6 is 0 Å². The summed E-state index contributed by atoms with van der Waals surface area (Å²) in [6, 6.07) is 4.20. The number of rotatable bonds is 3. The predicted octanol–water partition coefficient (Wildman–Crippen LogP) is 4.69. The van der Waals surface area contributed by atoms with Crippen molar-refractivity contribution >= 4 is 11.8 Å². The molecule has 2 fully saturated rings. The van der Waals surface area contributed by atoms with Crippen LogP contribution < -0.4 is 4.74 Å². The van der Waals surface area contributed by atoms with Gasteiger partial charge in [-0.05, 0) is 86.5 Å². The van der Waals surface area contributed by atoms with Gasteiger partial charge in [-0.2, -0.15) is 0 Å². The lowest BCUT2D eigenvalue weighted by molar-refractivity contribution is -0.154. The topological polar surface area (TPSA) is 52.6 Å². The van der Waals surface area contributed by atoms with Gasteiger partial charge in [0.1, 0.15) is 11.9 Å². The molecule has 0 amide bonds. The van der Waals surface area contributed by atoms with Gasteiger partial charge in [-0.3, -0.25) is 9.59 Å². The average molecular weight is 370 g/mol. The van der Waals surface area contributed by atoms with Crippen molar-refractivity contribution in [2.75, 3.05) is 7.11 Å². The number of Topliss-reactive ketones (excluding diaryl/α,β-unsaturated/α-hetero) is 1. The van der Waals surface area contributed by atoms with E-state index in [0.717, 1.165) is 32.1 Å².